The Morgan fingerprint density at radius 2 is 2.25 bits per heavy atom. The van der Waals surface area contributed by atoms with E-state index in [1.54, 1.807) is 0 Å². The highest BCUT2D eigenvalue weighted by Crippen LogP contribution is 2.16. The van der Waals surface area contributed by atoms with Gasteiger partial charge in [0.05, 0.1) is 5.37 Å². The van der Waals surface area contributed by atoms with E-state index in [4.69, 9.17) is 5.73 Å². The molecular formula is C9H18N2S. The fraction of sp³-hybridized carbons (Fsp3) is 0.778. The summed E-state index contributed by atoms with van der Waals surface area (Å²) in [6.45, 7) is 6.25. The monoisotopic (exact) mass is 186 g/mol. The second-order valence-corrected chi connectivity index (χ2v) is 4.19. The number of hydrogen-bond acceptors (Lipinski definition) is 3. The first kappa shape index (κ1) is 10.1. The van der Waals surface area contributed by atoms with Gasteiger partial charge in [-0.3, -0.25) is 4.90 Å². The predicted molar refractivity (Wildman–Crippen MR) is 56.4 cm³/mol. The maximum atomic E-state index is 5.78. The van der Waals surface area contributed by atoms with Gasteiger partial charge in [-0.1, -0.05) is 11.6 Å². The molecule has 70 valence electrons. The molecule has 3 heteroatoms. The molecule has 2 atom stereocenters. The van der Waals surface area contributed by atoms with Crippen LogP contribution in [0.4, 0.5) is 0 Å². The average molecular weight is 186 g/mol. The summed E-state index contributed by atoms with van der Waals surface area (Å²) < 4.78 is 0. The van der Waals surface area contributed by atoms with Gasteiger partial charge in [-0.25, -0.2) is 0 Å². The summed E-state index contributed by atoms with van der Waals surface area (Å²) in [4.78, 5) is 2.33. The zero-order valence-corrected chi connectivity index (χ0v) is 8.72. The van der Waals surface area contributed by atoms with E-state index in [9.17, 15) is 0 Å². The SMILES string of the molecule is CC(N)C1=CCN(C(C)S)CC1. The van der Waals surface area contributed by atoms with Crippen LogP contribution in [0, 0.1) is 0 Å². The fourth-order valence-corrected chi connectivity index (χ4v) is 1.66. The second-order valence-electron chi connectivity index (χ2n) is 3.44. The molecule has 0 aromatic carbocycles. The van der Waals surface area contributed by atoms with Crippen molar-refractivity contribution in [3.63, 3.8) is 0 Å². The van der Waals surface area contributed by atoms with E-state index in [1.165, 1.54) is 5.57 Å². The van der Waals surface area contributed by atoms with E-state index in [0.717, 1.165) is 19.5 Å². The first-order valence-electron chi connectivity index (χ1n) is 4.48. The third kappa shape index (κ3) is 2.51. The van der Waals surface area contributed by atoms with Crippen LogP contribution >= 0.6 is 12.6 Å². The van der Waals surface area contributed by atoms with Gasteiger partial charge in [0, 0.05) is 19.1 Å². The summed E-state index contributed by atoms with van der Waals surface area (Å²) in [5.74, 6) is 0. The molecule has 0 bridgehead atoms. The lowest BCUT2D eigenvalue weighted by Crippen LogP contribution is -2.36. The number of nitrogens with zero attached hydrogens (tertiary/aromatic N) is 1. The molecule has 0 aliphatic carbocycles. The Hall–Kier alpha value is 0.01000. The molecule has 2 unspecified atom stereocenters. The van der Waals surface area contributed by atoms with Gasteiger partial charge in [-0.05, 0) is 20.3 Å². The van der Waals surface area contributed by atoms with Crippen molar-refractivity contribution in [1.29, 1.82) is 0 Å². The van der Waals surface area contributed by atoms with Crippen molar-refractivity contribution in [3.8, 4) is 0 Å². The van der Waals surface area contributed by atoms with Crippen LogP contribution in [-0.4, -0.2) is 29.4 Å². The standard InChI is InChI=1S/C9H18N2S/c1-7(10)9-3-5-11(6-4-9)8(2)12/h3,7-8,12H,4-6,10H2,1-2H3. The quantitative estimate of drug-likeness (QED) is 0.502. The molecule has 0 spiro atoms. The van der Waals surface area contributed by atoms with Crippen molar-refractivity contribution in [2.24, 2.45) is 5.73 Å². The summed E-state index contributed by atoms with van der Waals surface area (Å²) in [7, 11) is 0. The van der Waals surface area contributed by atoms with Gasteiger partial charge in [0.25, 0.3) is 0 Å². The molecule has 1 aliphatic heterocycles. The van der Waals surface area contributed by atoms with E-state index in [2.05, 4.69) is 30.5 Å². The highest BCUT2D eigenvalue weighted by molar-refractivity contribution is 7.80. The Balaban J connectivity index is 2.47. The summed E-state index contributed by atoms with van der Waals surface area (Å²) in [6, 6.07) is 0.224. The minimum Gasteiger partial charge on any atom is -0.324 e. The second kappa shape index (κ2) is 4.30. The molecule has 0 radical (unpaired) electrons. The van der Waals surface area contributed by atoms with Crippen LogP contribution in [-0.2, 0) is 0 Å². The molecule has 2 nitrogen and oxygen atoms in total. The maximum Gasteiger partial charge on any atom is 0.0502 e. The minimum atomic E-state index is 0.224. The third-order valence-electron chi connectivity index (χ3n) is 2.39. The van der Waals surface area contributed by atoms with Crippen LogP contribution in [0.15, 0.2) is 11.6 Å². The van der Waals surface area contributed by atoms with Crippen molar-refractivity contribution >= 4 is 12.6 Å². The van der Waals surface area contributed by atoms with Gasteiger partial charge >= 0.3 is 0 Å². The van der Waals surface area contributed by atoms with Gasteiger partial charge < -0.3 is 5.73 Å². The number of nitrogens with two attached hydrogens (primary N) is 1. The number of hydrogen-bond donors (Lipinski definition) is 2. The van der Waals surface area contributed by atoms with Crippen LogP contribution in [0.25, 0.3) is 0 Å². The Morgan fingerprint density at radius 3 is 2.58 bits per heavy atom. The Bertz CT molecular complexity index is 175. The van der Waals surface area contributed by atoms with Crippen LogP contribution in [0.3, 0.4) is 0 Å². The molecular weight excluding hydrogens is 168 g/mol. The Labute approximate surface area is 80.2 Å². The fourth-order valence-electron chi connectivity index (χ4n) is 1.45. The molecule has 2 N–H and O–H groups in total. The van der Waals surface area contributed by atoms with Gasteiger partial charge in [0.1, 0.15) is 0 Å². The molecule has 12 heavy (non-hydrogen) atoms. The highest BCUT2D eigenvalue weighted by Gasteiger charge is 2.15. The lowest BCUT2D eigenvalue weighted by atomic mass is 10.0. The van der Waals surface area contributed by atoms with Crippen LogP contribution in [0.2, 0.25) is 0 Å². The molecule has 0 aromatic rings. The van der Waals surface area contributed by atoms with Crippen LogP contribution in [0.1, 0.15) is 20.3 Å². The molecule has 0 fully saturated rings. The van der Waals surface area contributed by atoms with Crippen molar-refractivity contribution in [2.45, 2.75) is 31.7 Å². The van der Waals surface area contributed by atoms with Crippen molar-refractivity contribution in [1.82, 2.24) is 4.90 Å². The van der Waals surface area contributed by atoms with Crippen LogP contribution < -0.4 is 5.73 Å². The third-order valence-corrected chi connectivity index (χ3v) is 2.72. The Morgan fingerprint density at radius 1 is 1.58 bits per heavy atom. The molecule has 0 aromatic heterocycles. The van der Waals surface area contributed by atoms with Crippen LogP contribution in [0.5, 0.6) is 0 Å². The van der Waals surface area contributed by atoms with E-state index in [1.807, 2.05) is 6.92 Å². The lowest BCUT2D eigenvalue weighted by molar-refractivity contribution is 0.286. The minimum absolute atomic E-state index is 0.224. The molecule has 1 rings (SSSR count). The first-order valence-corrected chi connectivity index (χ1v) is 4.99. The largest absolute Gasteiger partial charge is 0.324 e. The predicted octanol–water partition coefficient (Wildman–Crippen LogP) is 1.24. The van der Waals surface area contributed by atoms with E-state index < -0.39 is 0 Å². The van der Waals surface area contributed by atoms with Crippen molar-refractivity contribution in [2.75, 3.05) is 13.1 Å². The molecule has 0 saturated heterocycles. The number of rotatable bonds is 2. The van der Waals surface area contributed by atoms with Crippen molar-refractivity contribution < 1.29 is 0 Å². The zero-order chi connectivity index (χ0) is 9.14. The molecule has 1 heterocycles. The van der Waals surface area contributed by atoms with E-state index >= 15 is 0 Å². The van der Waals surface area contributed by atoms with Gasteiger partial charge in [0.15, 0.2) is 0 Å². The maximum absolute atomic E-state index is 5.78. The average Bonchev–Trinajstić information content (AvgIpc) is 2.04. The van der Waals surface area contributed by atoms with Gasteiger partial charge in [0.2, 0.25) is 0 Å². The summed E-state index contributed by atoms with van der Waals surface area (Å²) in [5.41, 5.74) is 7.17. The molecule has 0 amide bonds. The van der Waals surface area contributed by atoms with Crippen molar-refractivity contribution in [3.05, 3.63) is 11.6 Å². The first-order chi connectivity index (χ1) is 5.61. The summed E-state index contributed by atoms with van der Waals surface area (Å²) in [5, 5.41) is 0.357. The highest BCUT2D eigenvalue weighted by atomic mass is 32.1. The summed E-state index contributed by atoms with van der Waals surface area (Å²) >= 11 is 4.39. The summed E-state index contributed by atoms with van der Waals surface area (Å²) in [6.07, 6.45) is 3.34. The van der Waals surface area contributed by atoms with Gasteiger partial charge in [-0.15, -0.1) is 0 Å². The van der Waals surface area contributed by atoms with E-state index in [0.29, 0.717) is 5.37 Å². The van der Waals surface area contributed by atoms with E-state index in [-0.39, 0.29) is 6.04 Å². The molecule has 1 aliphatic rings. The number of thiol groups is 1. The Kier molecular flexibility index (Phi) is 3.62. The normalized spacial score (nSPS) is 24.8. The van der Waals surface area contributed by atoms with Gasteiger partial charge in [-0.2, -0.15) is 12.6 Å². The smallest absolute Gasteiger partial charge is 0.0502 e. The topological polar surface area (TPSA) is 29.3 Å². The molecule has 0 saturated carbocycles. The lowest BCUT2D eigenvalue weighted by Gasteiger charge is -2.30. The zero-order valence-electron chi connectivity index (χ0n) is 7.83.